The Balaban J connectivity index is 2.27. The predicted molar refractivity (Wildman–Crippen MR) is 75.9 cm³/mol. The van der Waals surface area contributed by atoms with Crippen molar-refractivity contribution in [2.75, 3.05) is 13.7 Å². The zero-order valence-electron chi connectivity index (χ0n) is 11.3. The highest BCUT2D eigenvalue weighted by molar-refractivity contribution is 5.48. The quantitative estimate of drug-likeness (QED) is 0.645. The second-order valence-electron chi connectivity index (χ2n) is 4.43. The molecule has 0 unspecified atom stereocenters. The molecule has 2 aromatic rings. The van der Waals surface area contributed by atoms with Crippen LogP contribution in [0.4, 0.5) is 5.69 Å². The standard InChI is InChI=1S/C14H17N3O3/c1-20-14-5-4-11(9-13(14)17(18)19)10-16-8-2-3-12(16)6-7-15/h2-5,8-9H,6-7,10,15H2,1H3. The molecule has 0 amide bonds. The van der Waals surface area contributed by atoms with Crippen LogP contribution in [-0.4, -0.2) is 23.1 Å². The molecule has 106 valence electrons. The van der Waals surface area contributed by atoms with Crippen LogP contribution in [0.5, 0.6) is 5.75 Å². The van der Waals surface area contributed by atoms with Crippen molar-refractivity contribution in [3.63, 3.8) is 0 Å². The number of nitrogens with two attached hydrogens (primary N) is 1. The molecular formula is C14H17N3O3. The van der Waals surface area contributed by atoms with Crippen LogP contribution >= 0.6 is 0 Å². The summed E-state index contributed by atoms with van der Waals surface area (Å²) in [5.41, 5.74) is 7.52. The van der Waals surface area contributed by atoms with Crippen molar-refractivity contribution in [3.8, 4) is 5.75 Å². The fraction of sp³-hybridized carbons (Fsp3) is 0.286. The Hall–Kier alpha value is -2.34. The zero-order chi connectivity index (χ0) is 14.5. The Bertz CT molecular complexity index is 607. The highest BCUT2D eigenvalue weighted by atomic mass is 16.6. The third-order valence-electron chi connectivity index (χ3n) is 3.12. The third kappa shape index (κ3) is 2.97. The highest BCUT2D eigenvalue weighted by Gasteiger charge is 2.15. The van der Waals surface area contributed by atoms with Gasteiger partial charge in [-0.1, -0.05) is 6.07 Å². The van der Waals surface area contributed by atoms with E-state index >= 15 is 0 Å². The Morgan fingerprint density at radius 1 is 1.40 bits per heavy atom. The maximum Gasteiger partial charge on any atom is 0.311 e. The number of benzene rings is 1. The van der Waals surface area contributed by atoms with E-state index in [1.807, 2.05) is 29.0 Å². The van der Waals surface area contributed by atoms with Crippen molar-refractivity contribution in [2.24, 2.45) is 5.73 Å². The van der Waals surface area contributed by atoms with E-state index in [0.29, 0.717) is 13.1 Å². The van der Waals surface area contributed by atoms with Crippen LogP contribution in [0.1, 0.15) is 11.3 Å². The van der Waals surface area contributed by atoms with Gasteiger partial charge in [0.2, 0.25) is 0 Å². The van der Waals surface area contributed by atoms with E-state index in [1.54, 1.807) is 12.1 Å². The van der Waals surface area contributed by atoms with Gasteiger partial charge in [0.25, 0.3) is 0 Å². The first kappa shape index (κ1) is 14.1. The largest absolute Gasteiger partial charge is 0.490 e. The van der Waals surface area contributed by atoms with E-state index < -0.39 is 4.92 Å². The molecule has 0 atom stereocenters. The molecule has 0 radical (unpaired) electrons. The van der Waals surface area contributed by atoms with Gasteiger partial charge in [0.05, 0.1) is 12.0 Å². The number of hydrogen-bond donors (Lipinski definition) is 1. The first-order valence-corrected chi connectivity index (χ1v) is 6.31. The van der Waals surface area contributed by atoms with Crippen LogP contribution in [0.15, 0.2) is 36.5 Å². The molecule has 0 aliphatic heterocycles. The molecule has 0 saturated heterocycles. The van der Waals surface area contributed by atoms with Gasteiger partial charge in [-0.05, 0) is 36.7 Å². The second kappa shape index (κ2) is 6.21. The lowest BCUT2D eigenvalue weighted by molar-refractivity contribution is -0.385. The van der Waals surface area contributed by atoms with E-state index in [-0.39, 0.29) is 11.4 Å². The van der Waals surface area contributed by atoms with E-state index in [4.69, 9.17) is 10.5 Å². The number of ether oxygens (including phenoxy) is 1. The minimum atomic E-state index is -0.432. The summed E-state index contributed by atoms with van der Waals surface area (Å²) in [6.45, 7) is 1.15. The maximum absolute atomic E-state index is 11.0. The molecule has 6 nitrogen and oxygen atoms in total. The van der Waals surface area contributed by atoms with E-state index in [2.05, 4.69) is 0 Å². The van der Waals surface area contributed by atoms with Crippen LogP contribution in [0.3, 0.4) is 0 Å². The molecule has 0 fully saturated rings. The van der Waals surface area contributed by atoms with Crippen LogP contribution in [0.25, 0.3) is 0 Å². The van der Waals surface area contributed by atoms with Gasteiger partial charge >= 0.3 is 5.69 Å². The smallest absolute Gasteiger partial charge is 0.311 e. The number of nitrogens with zero attached hydrogens (tertiary/aromatic N) is 2. The van der Waals surface area contributed by atoms with Gasteiger partial charge in [-0.25, -0.2) is 0 Å². The van der Waals surface area contributed by atoms with Crippen molar-refractivity contribution in [1.29, 1.82) is 0 Å². The van der Waals surface area contributed by atoms with Gasteiger partial charge in [-0.2, -0.15) is 0 Å². The SMILES string of the molecule is COc1ccc(Cn2cccc2CCN)cc1[N+](=O)[O-]. The lowest BCUT2D eigenvalue weighted by atomic mass is 10.2. The van der Waals surface area contributed by atoms with Gasteiger partial charge in [0.15, 0.2) is 5.75 Å². The van der Waals surface area contributed by atoms with Crippen LogP contribution < -0.4 is 10.5 Å². The summed E-state index contributed by atoms with van der Waals surface area (Å²) in [5, 5.41) is 11.0. The highest BCUT2D eigenvalue weighted by Crippen LogP contribution is 2.27. The number of rotatable bonds is 6. The molecule has 0 saturated carbocycles. The Labute approximate surface area is 116 Å². The summed E-state index contributed by atoms with van der Waals surface area (Å²) in [6, 6.07) is 8.95. The summed E-state index contributed by atoms with van der Waals surface area (Å²) in [4.78, 5) is 10.6. The number of methoxy groups -OCH3 is 1. The molecular weight excluding hydrogens is 258 g/mol. The van der Waals surface area contributed by atoms with Gasteiger partial charge < -0.3 is 15.0 Å². The Kier molecular flexibility index (Phi) is 4.37. The zero-order valence-corrected chi connectivity index (χ0v) is 11.3. The summed E-state index contributed by atoms with van der Waals surface area (Å²) in [5.74, 6) is 0.272. The average molecular weight is 275 g/mol. The molecule has 0 aliphatic rings. The lowest BCUT2D eigenvalue weighted by Crippen LogP contribution is -2.09. The maximum atomic E-state index is 11.0. The molecule has 1 aromatic heterocycles. The van der Waals surface area contributed by atoms with Crippen LogP contribution in [0.2, 0.25) is 0 Å². The molecule has 1 heterocycles. The summed E-state index contributed by atoms with van der Waals surface area (Å²) < 4.78 is 7.03. The first-order valence-electron chi connectivity index (χ1n) is 6.31. The van der Waals surface area contributed by atoms with Gasteiger partial charge in [-0.3, -0.25) is 10.1 Å². The van der Waals surface area contributed by atoms with Crippen molar-refractivity contribution >= 4 is 5.69 Å². The molecule has 0 aliphatic carbocycles. The molecule has 6 heteroatoms. The number of nitro groups is 1. The van der Waals surface area contributed by atoms with E-state index in [1.165, 1.54) is 7.11 Å². The normalized spacial score (nSPS) is 10.5. The molecule has 1 aromatic carbocycles. The molecule has 20 heavy (non-hydrogen) atoms. The van der Waals surface area contributed by atoms with Gasteiger partial charge in [-0.15, -0.1) is 0 Å². The topological polar surface area (TPSA) is 83.3 Å². The predicted octanol–water partition coefficient (Wildman–Crippen LogP) is 1.95. The summed E-state index contributed by atoms with van der Waals surface area (Å²) in [7, 11) is 1.42. The molecule has 0 spiro atoms. The lowest BCUT2D eigenvalue weighted by Gasteiger charge is -2.09. The van der Waals surface area contributed by atoms with E-state index in [9.17, 15) is 10.1 Å². The third-order valence-corrected chi connectivity index (χ3v) is 3.12. The van der Waals surface area contributed by atoms with Crippen molar-refractivity contribution in [3.05, 3.63) is 57.9 Å². The minimum absolute atomic E-state index is 0.0162. The Morgan fingerprint density at radius 3 is 2.85 bits per heavy atom. The Morgan fingerprint density at radius 2 is 2.20 bits per heavy atom. The molecule has 2 rings (SSSR count). The summed E-state index contributed by atoms with van der Waals surface area (Å²) in [6.07, 6.45) is 2.73. The molecule has 2 N–H and O–H groups in total. The van der Waals surface area contributed by atoms with Crippen LogP contribution in [-0.2, 0) is 13.0 Å². The monoisotopic (exact) mass is 275 g/mol. The van der Waals surface area contributed by atoms with Crippen LogP contribution in [0, 0.1) is 10.1 Å². The van der Waals surface area contributed by atoms with Gasteiger partial charge in [0, 0.05) is 24.5 Å². The second-order valence-corrected chi connectivity index (χ2v) is 4.43. The fourth-order valence-electron chi connectivity index (χ4n) is 2.15. The van der Waals surface area contributed by atoms with Crippen molar-refractivity contribution in [1.82, 2.24) is 4.57 Å². The number of aromatic nitrogens is 1. The van der Waals surface area contributed by atoms with Crippen molar-refractivity contribution < 1.29 is 9.66 Å². The van der Waals surface area contributed by atoms with E-state index in [0.717, 1.165) is 17.7 Å². The van der Waals surface area contributed by atoms with Gasteiger partial charge in [0.1, 0.15) is 0 Å². The molecule has 0 bridgehead atoms. The first-order chi connectivity index (χ1) is 9.65. The minimum Gasteiger partial charge on any atom is -0.490 e. The summed E-state index contributed by atoms with van der Waals surface area (Å²) >= 11 is 0. The fourth-order valence-corrected chi connectivity index (χ4v) is 2.15. The van der Waals surface area contributed by atoms with Crippen molar-refractivity contribution in [2.45, 2.75) is 13.0 Å². The number of hydrogen-bond acceptors (Lipinski definition) is 4. The average Bonchev–Trinajstić information content (AvgIpc) is 2.86. The number of nitro benzene ring substituents is 1.